The largest absolute Gasteiger partial charge is 0.394 e. The van der Waals surface area contributed by atoms with Gasteiger partial charge in [-0.2, -0.15) is 5.26 Å². The van der Waals surface area contributed by atoms with Crippen LogP contribution in [0, 0.1) is 21.4 Å². The maximum Gasteiger partial charge on any atom is 0.269 e. The zero-order valence-corrected chi connectivity index (χ0v) is 14.6. The van der Waals surface area contributed by atoms with Crippen molar-refractivity contribution in [2.24, 2.45) is 0 Å². The quantitative estimate of drug-likeness (QED) is 0.281. The summed E-state index contributed by atoms with van der Waals surface area (Å²) in [6.07, 6.45) is -2.28. The van der Waals surface area contributed by atoms with Crippen molar-refractivity contribution in [2.75, 3.05) is 6.61 Å². The maximum absolute atomic E-state index is 10.6. The lowest BCUT2D eigenvalue weighted by atomic mass is 9.99. The van der Waals surface area contributed by atoms with Crippen molar-refractivity contribution in [3.8, 4) is 6.07 Å². The van der Waals surface area contributed by atoms with Crippen LogP contribution in [0.4, 0.5) is 5.69 Å². The van der Waals surface area contributed by atoms with E-state index in [0.717, 1.165) is 0 Å². The molecule has 2 rings (SSSR count). The summed E-state index contributed by atoms with van der Waals surface area (Å²) in [4.78, 5) is 10.1. The number of nitriles is 1. The van der Waals surface area contributed by atoms with Gasteiger partial charge in [-0.25, -0.2) is 0 Å². The number of hydrogen-bond donors (Lipinski definition) is 4. The second-order valence-corrected chi connectivity index (χ2v) is 5.98. The van der Waals surface area contributed by atoms with Gasteiger partial charge in [0.05, 0.1) is 17.6 Å². The van der Waals surface area contributed by atoms with Crippen LogP contribution in [0.3, 0.4) is 0 Å². The van der Waals surface area contributed by atoms with Gasteiger partial charge in [0.15, 0.2) is 12.4 Å². The third kappa shape index (κ3) is 5.43. The predicted molar refractivity (Wildman–Crippen MR) is 95.5 cm³/mol. The first-order valence-electron chi connectivity index (χ1n) is 8.32. The number of aliphatic hydroxyl groups is 4. The summed E-state index contributed by atoms with van der Waals surface area (Å²) in [6, 6.07) is 7.69. The van der Waals surface area contributed by atoms with Crippen LogP contribution in [0.2, 0.25) is 0 Å². The molecule has 1 saturated heterocycles. The van der Waals surface area contributed by atoms with Crippen molar-refractivity contribution in [2.45, 2.75) is 36.8 Å². The van der Waals surface area contributed by atoms with Crippen LogP contribution < -0.4 is 0 Å². The van der Waals surface area contributed by atoms with Crippen LogP contribution in [0.1, 0.15) is 5.56 Å². The Morgan fingerprint density at radius 1 is 1.21 bits per heavy atom. The maximum atomic E-state index is 10.6. The lowest BCUT2D eigenvalue weighted by Gasteiger charge is -2.39. The molecule has 1 aromatic rings. The number of non-ortho nitro benzene ring substituents is 1. The van der Waals surface area contributed by atoms with Gasteiger partial charge in [0.25, 0.3) is 5.69 Å². The van der Waals surface area contributed by atoms with E-state index in [0.29, 0.717) is 5.56 Å². The molecule has 1 aromatic carbocycles. The number of rotatable bonds is 7. The van der Waals surface area contributed by atoms with Crippen molar-refractivity contribution in [3.05, 3.63) is 58.2 Å². The molecule has 28 heavy (non-hydrogen) atoms. The Hall–Kier alpha value is -2.65. The monoisotopic (exact) mass is 392 g/mol. The molecule has 4 N–H and O–H groups in total. The molecular formula is C18H20N2O8. The van der Waals surface area contributed by atoms with E-state index in [1.54, 1.807) is 24.3 Å². The Kier molecular flexibility index (Phi) is 7.77. The summed E-state index contributed by atoms with van der Waals surface area (Å²) in [5.74, 6) is 0. The van der Waals surface area contributed by atoms with Gasteiger partial charge in [-0.3, -0.25) is 10.1 Å². The fraction of sp³-hybridized carbons (Fsp3) is 0.389. The Morgan fingerprint density at radius 3 is 2.46 bits per heavy atom. The summed E-state index contributed by atoms with van der Waals surface area (Å²) in [5.41, 5.74) is 0.684. The summed E-state index contributed by atoms with van der Waals surface area (Å²) in [6.45, 7) is -0.601. The highest BCUT2D eigenvalue weighted by Gasteiger charge is 2.44. The van der Waals surface area contributed by atoms with Crippen LogP contribution in [-0.2, 0) is 9.47 Å². The molecule has 0 aliphatic carbocycles. The van der Waals surface area contributed by atoms with Gasteiger partial charge in [-0.05, 0) is 23.8 Å². The molecule has 0 amide bonds. The summed E-state index contributed by atoms with van der Waals surface area (Å²) in [5, 5.41) is 58.3. The molecule has 0 spiro atoms. The van der Waals surface area contributed by atoms with E-state index in [2.05, 4.69) is 0 Å². The third-order valence-corrected chi connectivity index (χ3v) is 4.05. The van der Waals surface area contributed by atoms with Crippen molar-refractivity contribution < 1.29 is 34.8 Å². The zero-order valence-electron chi connectivity index (χ0n) is 14.6. The highest BCUT2D eigenvalue weighted by atomic mass is 16.7. The van der Waals surface area contributed by atoms with Gasteiger partial charge in [-0.15, -0.1) is 0 Å². The average Bonchev–Trinajstić information content (AvgIpc) is 2.70. The lowest BCUT2D eigenvalue weighted by molar-refractivity contribution is -0.384. The molecule has 0 saturated carbocycles. The molecule has 1 aliphatic heterocycles. The van der Waals surface area contributed by atoms with Crippen LogP contribution in [0.25, 0.3) is 6.08 Å². The number of nitro benzene ring substituents is 1. The second kappa shape index (κ2) is 10.0. The summed E-state index contributed by atoms with van der Waals surface area (Å²) in [7, 11) is 0. The number of nitro groups is 1. The number of benzene rings is 1. The molecule has 150 valence electrons. The average molecular weight is 392 g/mol. The number of nitrogens with zero attached hydrogens (tertiary/aromatic N) is 2. The van der Waals surface area contributed by atoms with Gasteiger partial charge in [0.2, 0.25) is 0 Å². The van der Waals surface area contributed by atoms with Gasteiger partial charge >= 0.3 is 0 Å². The highest BCUT2D eigenvalue weighted by Crippen LogP contribution is 2.23. The Balaban J connectivity index is 1.96. The van der Waals surface area contributed by atoms with E-state index < -0.39 is 48.3 Å². The smallest absolute Gasteiger partial charge is 0.269 e. The van der Waals surface area contributed by atoms with E-state index in [1.807, 2.05) is 6.07 Å². The SMILES string of the molecule is N#CC(/C=C/C=C/c1ccc([N+](=O)[O-])cc1)OC1OC(CO)C(O)C(O)C1O. The van der Waals surface area contributed by atoms with Crippen LogP contribution in [0.5, 0.6) is 0 Å². The number of allylic oxidation sites excluding steroid dienone is 2. The van der Waals surface area contributed by atoms with E-state index in [4.69, 9.17) is 14.6 Å². The molecular weight excluding hydrogens is 372 g/mol. The molecule has 0 aromatic heterocycles. The number of hydrogen-bond acceptors (Lipinski definition) is 9. The van der Waals surface area contributed by atoms with Crippen LogP contribution in [0.15, 0.2) is 42.5 Å². The van der Waals surface area contributed by atoms with Crippen molar-refractivity contribution >= 4 is 11.8 Å². The molecule has 1 heterocycles. The van der Waals surface area contributed by atoms with Gasteiger partial charge in [0, 0.05) is 12.1 Å². The Bertz CT molecular complexity index is 756. The van der Waals surface area contributed by atoms with E-state index in [9.17, 15) is 30.7 Å². The minimum atomic E-state index is -1.60. The lowest BCUT2D eigenvalue weighted by Crippen LogP contribution is -2.59. The van der Waals surface area contributed by atoms with Gasteiger partial charge in [0.1, 0.15) is 24.4 Å². The van der Waals surface area contributed by atoms with Crippen molar-refractivity contribution in [1.29, 1.82) is 5.26 Å². The molecule has 1 fully saturated rings. The molecule has 0 radical (unpaired) electrons. The Labute approximate surface area is 160 Å². The topological polar surface area (TPSA) is 166 Å². The van der Waals surface area contributed by atoms with Crippen molar-refractivity contribution in [1.82, 2.24) is 0 Å². The summed E-state index contributed by atoms with van der Waals surface area (Å²) < 4.78 is 10.5. The molecule has 10 nitrogen and oxygen atoms in total. The van der Waals surface area contributed by atoms with Gasteiger partial charge < -0.3 is 29.9 Å². The molecule has 10 heteroatoms. The fourth-order valence-electron chi connectivity index (χ4n) is 2.48. The summed E-state index contributed by atoms with van der Waals surface area (Å²) >= 11 is 0. The molecule has 1 aliphatic rings. The first-order valence-corrected chi connectivity index (χ1v) is 8.32. The normalized spacial score (nSPS) is 29.0. The first kappa shape index (κ1) is 21.6. The van der Waals surface area contributed by atoms with E-state index in [-0.39, 0.29) is 5.69 Å². The minimum absolute atomic E-state index is 0.0230. The third-order valence-electron chi connectivity index (χ3n) is 4.05. The van der Waals surface area contributed by atoms with Gasteiger partial charge in [-0.1, -0.05) is 18.2 Å². The zero-order chi connectivity index (χ0) is 20.7. The standard InChI is InChI=1S/C18H20N2O8/c19-9-13(27-18-17(24)16(23)15(22)14(10-21)28-18)4-2-1-3-11-5-7-12(8-6-11)20(25)26/h1-8,13-18,21-24H,10H2/b3-1+,4-2+. The number of ether oxygens (including phenoxy) is 2. The second-order valence-electron chi connectivity index (χ2n) is 5.98. The van der Waals surface area contributed by atoms with E-state index >= 15 is 0 Å². The molecule has 6 atom stereocenters. The number of aliphatic hydroxyl groups excluding tert-OH is 4. The highest BCUT2D eigenvalue weighted by molar-refractivity contribution is 5.53. The van der Waals surface area contributed by atoms with Crippen LogP contribution in [-0.4, -0.2) is 68.8 Å². The fourth-order valence-corrected chi connectivity index (χ4v) is 2.48. The minimum Gasteiger partial charge on any atom is -0.394 e. The molecule has 0 bridgehead atoms. The first-order chi connectivity index (χ1) is 13.4. The van der Waals surface area contributed by atoms with Crippen LogP contribution >= 0.6 is 0 Å². The predicted octanol–water partition coefficient (Wildman–Crippen LogP) is -0.127. The van der Waals surface area contributed by atoms with Crippen molar-refractivity contribution in [3.63, 3.8) is 0 Å². The Morgan fingerprint density at radius 2 is 1.89 bits per heavy atom. The molecule has 6 unspecified atom stereocenters. The van der Waals surface area contributed by atoms with E-state index in [1.165, 1.54) is 24.3 Å².